The van der Waals surface area contributed by atoms with Gasteiger partial charge in [-0.1, -0.05) is 12.1 Å². The number of nitrogens with one attached hydrogen (secondary N) is 2. The zero-order valence-electron chi connectivity index (χ0n) is 13.1. The van der Waals surface area contributed by atoms with E-state index in [0.29, 0.717) is 12.8 Å². The van der Waals surface area contributed by atoms with Crippen LogP contribution in [0.2, 0.25) is 0 Å². The molecule has 1 aliphatic heterocycles. The highest BCUT2D eigenvalue weighted by Crippen LogP contribution is 2.28. The third-order valence-electron chi connectivity index (χ3n) is 4.08. The Balaban J connectivity index is 1.54. The van der Waals surface area contributed by atoms with Gasteiger partial charge in [0.2, 0.25) is 11.5 Å². The highest BCUT2D eigenvalue weighted by atomic mass is 16.5. The Labute approximate surface area is 134 Å². The first-order valence-corrected chi connectivity index (χ1v) is 7.84. The smallest absolute Gasteiger partial charge is 0.247 e. The molecular formula is C18H20N2O3. The Kier molecular flexibility index (Phi) is 4.46. The van der Waals surface area contributed by atoms with Crippen molar-refractivity contribution in [1.29, 1.82) is 0 Å². The Morgan fingerprint density at radius 3 is 3.00 bits per heavy atom. The summed E-state index contributed by atoms with van der Waals surface area (Å²) in [5.74, 6) is 0.950. The minimum absolute atomic E-state index is 0.000415. The Bertz CT molecular complexity index is 747. The summed E-state index contributed by atoms with van der Waals surface area (Å²) in [5, 5.41) is 3.02. The molecule has 5 heteroatoms. The van der Waals surface area contributed by atoms with Gasteiger partial charge in [0.25, 0.3) is 0 Å². The minimum atomic E-state index is -0.132. The highest BCUT2D eigenvalue weighted by Gasteiger charge is 2.15. The molecule has 5 nitrogen and oxygen atoms in total. The van der Waals surface area contributed by atoms with Crippen LogP contribution in [0.15, 0.2) is 41.3 Å². The molecule has 0 unspecified atom stereocenters. The second-order valence-electron chi connectivity index (χ2n) is 5.82. The number of pyridine rings is 1. The van der Waals surface area contributed by atoms with Crippen molar-refractivity contribution < 1.29 is 9.53 Å². The fourth-order valence-electron chi connectivity index (χ4n) is 2.73. The van der Waals surface area contributed by atoms with Crippen LogP contribution in [-0.2, 0) is 17.6 Å². The highest BCUT2D eigenvalue weighted by molar-refractivity contribution is 5.76. The number of carbonyl (C=O) groups excluding carboxylic acids is 1. The molecule has 0 radical (unpaired) electrons. The van der Waals surface area contributed by atoms with Crippen molar-refractivity contribution in [3.05, 3.63) is 63.6 Å². The van der Waals surface area contributed by atoms with E-state index in [1.54, 1.807) is 12.3 Å². The molecule has 1 aromatic heterocycles. The van der Waals surface area contributed by atoms with Gasteiger partial charge in [0.05, 0.1) is 12.6 Å². The maximum atomic E-state index is 12.1. The number of H-pyrrole nitrogens is 1. The van der Waals surface area contributed by atoms with E-state index in [4.69, 9.17) is 4.74 Å². The molecule has 0 aliphatic carbocycles. The van der Waals surface area contributed by atoms with Crippen LogP contribution in [-0.4, -0.2) is 17.5 Å². The van der Waals surface area contributed by atoms with E-state index in [-0.39, 0.29) is 17.5 Å². The van der Waals surface area contributed by atoms with Gasteiger partial charge in [-0.2, -0.15) is 0 Å². The molecule has 1 amide bonds. The van der Waals surface area contributed by atoms with Gasteiger partial charge < -0.3 is 15.0 Å². The third kappa shape index (κ3) is 3.80. The van der Waals surface area contributed by atoms with Gasteiger partial charge in [-0.15, -0.1) is 0 Å². The lowest BCUT2D eigenvalue weighted by Crippen LogP contribution is -2.26. The summed E-state index contributed by atoms with van der Waals surface area (Å²) in [4.78, 5) is 25.7. The van der Waals surface area contributed by atoms with E-state index in [2.05, 4.69) is 16.4 Å². The molecule has 3 rings (SSSR count). The first-order valence-electron chi connectivity index (χ1n) is 7.84. The van der Waals surface area contributed by atoms with E-state index < -0.39 is 0 Å². The number of aromatic nitrogens is 1. The first-order chi connectivity index (χ1) is 11.1. The number of benzene rings is 1. The maximum Gasteiger partial charge on any atom is 0.247 e. The number of aryl methyl sites for hydroxylation is 1. The summed E-state index contributed by atoms with van der Waals surface area (Å²) in [6.45, 7) is 2.72. The third-order valence-corrected chi connectivity index (χ3v) is 4.08. The average molecular weight is 312 g/mol. The number of amides is 1. The summed E-state index contributed by atoms with van der Waals surface area (Å²) in [7, 11) is 0. The summed E-state index contributed by atoms with van der Waals surface area (Å²) >= 11 is 0. The van der Waals surface area contributed by atoms with Gasteiger partial charge in [0.15, 0.2) is 0 Å². The maximum absolute atomic E-state index is 12.1. The fourth-order valence-corrected chi connectivity index (χ4v) is 2.73. The molecular weight excluding hydrogens is 292 g/mol. The van der Waals surface area contributed by atoms with E-state index in [1.165, 1.54) is 11.6 Å². The van der Waals surface area contributed by atoms with Crippen molar-refractivity contribution >= 4 is 5.91 Å². The zero-order chi connectivity index (χ0) is 16.2. The van der Waals surface area contributed by atoms with Gasteiger partial charge in [-0.25, -0.2) is 0 Å². The Hall–Kier alpha value is -2.56. The van der Waals surface area contributed by atoms with Crippen LogP contribution in [0, 0.1) is 0 Å². The van der Waals surface area contributed by atoms with Crippen molar-refractivity contribution in [3.8, 4) is 5.75 Å². The molecule has 1 aliphatic rings. The van der Waals surface area contributed by atoms with Crippen LogP contribution in [0.1, 0.15) is 36.1 Å². The topological polar surface area (TPSA) is 71.2 Å². The van der Waals surface area contributed by atoms with Crippen LogP contribution < -0.4 is 15.6 Å². The summed E-state index contributed by atoms with van der Waals surface area (Å²) in [6, 6.07) is 9.26. The van der Waals surface area contributed by atoms with Gasteiger partial charge in [-0.3, -0.25) is 9.59 Å². The lowest BCUT2D eigenvalue weighted by molar-refractivity contribution is -0.121. The number of fused-ring (bicyclic) bond motifs is 1. The standard InChI is InChI=1S/C18H20N2O3/c1-12(14-4-5-16-15(10-14)8-9-23-16)20-18(22)7-3-13-2-6-17(21)19-11-13/h2,4-6,10-12H,3,7-9H2,1H3,(H,19,21)(H,20,22)/t12-/m1/s1. The van der Waals surface area contributed by atoms with Crippen LogP contribution in [0.4, 0.5) is 0 Å². The number of carbonyl (C=O) groups is 1. The molecule has 23 heavy (non-hydrogen) atoms. The normalized spacial score (nSPS) is 14.0. The Morgan fingerprint density at radius 2 is 2.22 bits per heavy atom. The molecule has 0 fully saturated rings. The predicted octanol–water partition coefficient (Wildman–Crippen LogP) is 2.12. The molecule has 1 atom stereocenters. The van der Waals surface area contributed by atoms with E-state index in [0.717, 1.165) is 29.9 Å². The molecule has 0 saturated carbocycles. The SMILES string of the molecule is C[C@@H](NC(=O)CCc1ccc(=O)[nH]c1)c1ccc2c(c1)CCO2. The molecule has 2 aromatic rings. The quantitative estimate of drug-likeness (QED) is 0.888. The van der Waals surface area contributed by atoms with Gasteiger partial charge in [0, 0.05) is 25.1 Å². The molecule has 0 bridgehead atoms. The van der Waals surface area contributed by atoms with Gasteiger partial charge >= 0.3 is 0 Å². The average Bonchev–Trinajstić information content (AvgIpc) is 3.02. The monoisotopic (exact) mass is 312 g/mol. The van der Waals surface area contributed by atoms with E-state index >= 15 is 0 Å². The largest absolute Gasteiger partial charge is 0.493 e. The first kappa shape index (κ1) is 15.3. The lowest BCUT2D eigenvalue weighted by Gasteiger charge is -2.15. The Morgan fingerprint density at radius 1 is 1.35 bits per heavy atom. The summed E-state index contributed by atoms with van der Waals surface area (Å²) in [5.41, 5.74) is 3.11. The van der Waals surface area contributed by atoms with Gasteiger partial charge in [-0.05, 0) is 42.2 Å². The molecule has 0 spiro atoms. The fraction of sp³-hybridized carbons (Fsp3) is 0.333. The number of hydrogen-bond donors (Lipinski definition) is 2. The summed E-state index contributed by atoms with van der Waals surface area (Å²) < 4.78 is 5.50. The number of ether oxygens (including phenoxy) is 1. The lowest BCUT2D eigenvalue weighted by atomic mass is 10.0. The van der Waals surface area contributed by atoms with Gasteiger partial charge in [0.1, 0.15) is 5.75 Å². The second-order valence-corrected chi connectivity index (χ2v) is 5.82. The van der Waals surface area contributed by atoms with Crippen molar-refractivity contribution in [2.45, 2.75) is 32.2 Å². The molecule has 2 heterocycles. The van der Waals surface area contributed by atoms with Crippen molar-refractivity contribution in [3.63, 3.8) is 0 Å². The number of rotatable bonds is 5. The predicted molar refractivity (Wildman–Crippen MR) is 87.6 cm³/mol. The van der Waals surface area contributed by atoms with Crippen LogP contribution >= 0.6 is 0 Å². The van der Waals surface area contributed by atoms with E-state index in [1.807, 2.05) is 19.1 Å². The summed E-state index contributed by atoms with van der Waals surface area (Å²) in [6.07, 6.45) is 3.58. The molecule has 1 aromatic carbocycles. The van der Waals surface area contributed by atoms with Crippen molar-refractivity contribution in [2.75, 3.05) is 6.61 Å². The van der Waals surface area contributed by atoms with Crippen LogP contribution in [0.5, 0.6) is 5.75 Å². The molecule has 120 valence electrons. The van der Waals surface area contributed by atoms with Crippen molar-refractivity contribution in [1.82, 2.24) is 10.3 Å². The van der Waals surface area contributed by atoms with Crippen LogP contribution in [0.3, 0.4) is 0 Å². The van der Waals surface area contributed by atoms with Crippen molar-refractivity contribution in [2.24, 2.45) is 0 Å². The second kappa shape index (κ2) is 6.69. The molecule has 2 N–H and O–H groups in total. The minimum Gasteiger partial charge on any atom is -0.493 e. The van der Waals surface area contributed by atoms with E-state index in [9.17, 15) is 9.59 Å². The zero-order valence-corrected chi connectivity index (χ0v) is 13.1. The molecule has 0 saturated heterocycles. The number of hydrogen-bond acceptors (Lipinski definition) is 3. The number of aromatic amines is 1. The van der Waals surface area contributed by atoms with Crippen LogP contribution in [0.25, 0.3) is 0 Å².